The normalized spacial score (nSPS) is 36.8. The fraction of sp³-hybridized carbons (Fsp3) is 1.00. The molecule has 1 aliphatic carbocycles. The number of piperazine rings is 1. The number of piperidine rings is 1. The Morgan fingerprint density at radius 3 is 2.58 bits per heavy atom. The van der Waals surface area contributed by atoms with E-state index in [1.807, 2.05) is 0 Å². The van der Waals surface area contributed by atoms with Crippen LogP contribution in [0.3, 0.4) is 0 Å². The van der Waals surface area contributed by atoms with E-state index in [9.17, 15) is 0 Å². The molecule has 3 heteroatoms. The first-order chi connectivity index (χ1) is 9.21. The molecule has 3 aliphatic rings. The van der Waals surface area contributed by atoms with Crippen LogP contribution in [-0.4, -0.2) is 53.6 Å². The molecule has 0 bridgehead atoms. The predicted octanol–water partition coefficient (Wildman–Crippen LogP) is 2.06. The van der Waals surface area contributed by atoms with E-state index in [0.29, 0.717) is 11.6 Å². The van der Waals surface area contributed by atoms with Crippen molar-refractivity contribution < 1.29 is 0 Å². The standard InChI is InChI=1S/C16H31N3/c1-3-16(12-17,14-7-8-14)19-11-15-6-4-5-9-18(15)10-13(19)2/h13-15H,3-12,17H2,1-2H3. The molecule has 2 saturated heterocycles. The zero-order valence-corrected chi connectivity index (χ0v) is 12.8. The third-order valence-electron chi connectivity index (χ3n) is 6.06. The van der Waals surface area contributed by atoms with Gasteiger partial charge in [-0.25, -0.2) is 0 Å². The smallest absolute Gasteiger partial charge is 0.0361 e. The summed E-state index contributed by atoms with van der Waals surface area (Å²) in [6, 6.07) is 1.49. The summed E-state index contributed by atoms with van der Waals surface area (Å²) in [5.74, 6) is 0.875. The lowest BCUT2D eigenvalue weighted by Crippen LogP contribution is -2.67. The third kappa shape index (κ3) is 2.34. The van der Waals surface area contributed by atoms with Crippen molar-refractivity contribution in [3.05, 3.63) is 0 Å². The largest absolute Gasteiger partial charge is 0.329 e. The SMILES string of the molecule is CCC(CN)(C1CC1)N1CC2CCCCN2CC1C. The minimum absolute atomic E-state index is 0.308. The summed E-state index contributed by atoms with van der Waals surface area (Å²) >= 11 is 0. The third-order valence-corrected chi connectivity index (χ3v) is 6.06. The Labute approximate surface area is 118 Å². The first-order valence-electron chi connectivity index (χ1n) is 8.42. The van der Waals surface area contributed by atoms with Crippen molar-refractivity contribution in [2.45, 2.75) is 70.0 Å². The molecule has 2 aliphatic heterocycles. The predicted molar refractivity (Wildman–Crippen MR) is 80.2 cm³/mol. The van der Waals surface area contributed by atoms with Gasteiger partial charge in [0.25, 0.3) is 0 Å². The van der Waals surface area contributed by atoms with E-state index in [4.69, 9.17) is 5.73 Å². The molecule has 3 fully saturated rings. The Balaban J connectivity index is 1.78. The number of hydrogen-bond donors (Lipinski definition) is 1. The van der Waals surface area contributed by atoms with Crippen molar-refractivity contribution in [1.29, 1.82) is 0 Å². The van der Waals surface area contributed by atoms with Crippen molar-refractivity contribution >= 4 is 0 Å². The van der Waals surface area contributed by atoms with Crippen LogP contribution in [0, 0.1) is 5.92 Å². The Kier molecular flexibility index (Phi) is 3.89. The zero-order chi connectivity index (χ0) is 13.5. The maximum absolute atomic E-state index is 6.27. The molecule has 110 valence electrons. The molecule has 3 atom stereocenters. The average Bonchev–Trinajstić information content (AvgIpc) is 3.26. The average molecular weight is 265 g/mol. The lowest BCUT2D eigenvalue weighted by Gasteiger charge is -2.55. The highest BCUT2D eigenvalue weighted by molar-refractivity contribution is 5.06. The van der Waals surface area contributed by atoms with Crippen LogP contribution in [0.15, 0.2) is 0 Å². The van der Waals surface area contributed by atoms with Gasteiger partial charge in [-0.15, -0.1) is 0 Å². The molecule has 3 nitrogen and oxygen atoms in total. The van der Waals surface area contributed by atoms with Gasteiger partial charge in [-0.05, 0) is 51.5 Å². The van der Waals surface area contributed by atoms with E-state index >= 15 is 0 Å². The summed E-state index contributed by atoms with van der Waals surface area (Å²) < 4.78 is 0. The highest BCUT2D eigenvalue weighted by Crippen LogP contribution is 2.46. The second kappa shape index (κ2) is 5.34. The van der Waals surface area contributed by atoms with Crippen molar-refractivity contribution in [3.63, 3.8) is 0 Å². The maximum Gasteiger partial charge on any atom is 0.0361 e. The Morgan fingerprint density at radius 1 is 1.16 bits per heavy atom. The summed E-state index contributed by atoms with van der Waals surface area (Å²) in [4.78, 5) is 5.56. The number of rotatable bonds is 4. The second-order valence-electron chi connectivity index (χ2n) is 7.08. The van der Waals surface area contributed by atoms with Crippen LogP contribution >= 0.6 is 0 Å². The molecule has 0 spiro atoms. The van der Waals surface area contributed by atoms with E-state index in [-0.39, 0.29) is 0 Å². The number of nitrogens with zero attached hydrogens (tertiary/aromatic N) is 2. The molecule has 0 aromatic rings. The molecule has 19 heavy (non-hydrogen) atoms. The minimum Gasteiger partial charge on any atom is -0.329 e. The Morgan fingerprint density at radius 2 is 1.95 bits per heavy atom. The van der Waals surface area contributed by atoms with Gasteiger partial charge in [0.15, 0.2) is 0 Å². The van der Waals surface area contributed by atoms with E-state index in [1.54, 1.807) is 0 Å². The first kappa shape index (κ1) is 13.8. The van der Waals surface area contributed by atoms with Crippen LogP contribution in [0.1, 0.15) is 52.4 Å². The van der Waals surface area contributed by atoms with Gasteiger partial charge in [-0.1, -0.05) is 13.3 Å². The topological polar surface area (TPSA) is 32.5 Å². The number of hydrogen-bond acceptors (Lipinski definition) is 3. The lowest BCUT2D eigenvalue weighted by atomic mass is 9.84. The summed E-state index contributed by atoms with van der Waals surface area (Å²) in [5.41, 5.74) is 6.57. The highest BCUT2D eigenvalue weighted by Gasteiger charge is 2.50. The fourth-order valence-electron chi connectivity index (χ4n) is 4.75. The van der Waals surface area contributed by atoms with Gasteiger partial charge in [-0.2, -0.15) is 0 Å². The highest BCUT2D eigenvalue weighted by atomic mass is 15.3. The summed E-state index contributed by atoms with van der Waals surface area (Å²) in [5, 5.41) is 0. The van der Waals surface area contributed by atoms with Gasteiger partial charge in [0.05, 0.1) is 0 Å². The van der Waals surface area contributed by atoms with Gasteiger partial charge < -0.3 is 5.73 Å². The van der Waals surface area contributed by atoms with Crippen LogP contribution in [0.4, 0.5) is 0 Å². The molecule has 1 saturated carbocycles. The van der Waals surface area contributed by atoms with Gasteiger partial charge in [-0.3, -0.25) is 9.80 Å². The monoisotopic (exact) mass is 265 g/mol. The number of fused-ring (bicyclic) bond motifs is 1. The lowest BCUT2D eigenvalue weighted by molar-refractivity contribution is -0.0554. The van der Waals surface area contributed by atoms with Gasteiger partial charge >= 0.3 is 0 Å². The summed E-state index contributed by atoms with van der Waals surface area (Å²) in [6.45, 7) is 9.49. The summed E-state index contributed by atoms with van der Waals surface area (Å²) in [6.07, 6.45) is 8.27. The molecular weight excluding hydrogens is 234 g/mol. The number of nitrogens with two attached hydrogens (primary N) is 1. The Bertz CT molecular complexity index is 309. The maximum atomic E-state index is 6.27. The fourth-order valence-corrected chi connectivity index (χ4v) is 4.75. The van der Waals surface area contributed by atoms with E-state index < -0.39 is 0 Å². The van der Waals surface area contributed by atoms with E-state index in [0.717, 1.165) is 18.5 Å². The van der Waals surface area contributed by atoms with Crippen LogP contribution < -0.4 is 5.73 Å². The van der Waals surface area contributed by atoms with E-state index in [1.165, 1.54) is 58.2 Å². The van der Waals surface area contributed by atoms with Crippen LogP contribution in [0.5, 0.6) is 0 Å². The molecule has 0 amide bonds. The van der Waals surface area contributed by atoms with E-state index in [2.05, 4.69) is 23.6 Å². The molecule has 0 aromatic carbocycles. The minimum atomic E-state index is 0.308. The summed E-state index contributed by atoms with van der Waals surface area (Å²) in [7, 11) is 0. The molecule has 2 heterocycles. The molecule has 0 radical (unpaired) electrons. The molecule has 3 rings (SSSR count). The van der Waals surface area contributed by atoms with Crippen molar-refractivity contribution in [2.24, 2.45) is 11.7 Å². The van der Waals surface area contributed by atoms with Gasteiger partial charge in [0, 0.05) is 37.3 Å². The Hall–Kier alpha value is -0.120. The van der Waals surface area contributed by atoms with Crippen LogP contribution in [-0.2, 0) is 0 Å². The molecular formula is C16H31N3. The van der Waals surface area contributed by atoms with Crippen LogP contribution in [0.2, 0.25) is 0 Å². The quantitative estimate of drug-likeness (QED) is 0.844. The first-order valence-corrected chi connectivity index (χ1v) is 8.42. The van der Waals surface area contributed by atoms with Crippen LogP contribution in [0.25, 0.3) is 0 Å². The zero-order valence-electron chi connectivity index (χ0n) is 12.8. The van der Waals surface area contributed by atoms with Crippen molar-refractivity contribution in [1.82, 2.24) is 9.80 Å². The van der Waals surface area contributed by atoms with Crippen molar-refractivity contribution in [2.75, 3.05) is 26.2 Å². The van der Waals surface area contributed by atoms with Gasteiger partial charge in [0.2, 0.25) is 0 Å². The molecule has 2 N–H and O–H groups in total. The van der Waals surface area contributed by atoms with Crippen molar-refractivity contribution in [3.8, 4) is 0 Å². The second-order valence-corrected chi connectivity index (χ2v) is 7.08. The molecule has 3 unspecified atom stereocenters. The molecule has 0 aromatic heterocycles. The van der Waals surface area contributed by atoms with Gasteiger partial charge in [0.1, 0.15) is 0 Å².